The van der Waals surface area contributed by atoms with Gasteiger partial charge in [-0.3, -0.25) is 4.79 Å². The van der Waals surface area contributed by atoms with Crippen molar-refractivity contribution in [1.29, 1.82) is 0 Å². The number of ether oxygens (including phenoxy) is 2. The SMILES string of the molecule is CCC(C)(C)C(=O)OCCCCCCCCCOc1cc2oc(=O)c(-c3ccc(F)cc3)cc2cn1. The molecule has 0 fully saturated rings. The lowest BCUT2D eigenvalue weighted by Crippen LogP contribution is -2.26. The molecule has 0 saturated carbocycles. The number of fused-ring (bicyclic) bond motifs is 1. The van der Waals surface area contributed by atoms with E-state index >= 15 is 0 Å². The summed E-state index contributed by atoms with van der Waals surface area (Å²) in [5.74, 6) is -0.0533. The van der Waals surface area contributed by atoms with Gasteiger partial charge in [0, 0.05) is 17.6 Å². The lowest BCUT2D eigenvalue weighted by atomic mass is 9.91. The Morgan fingerprint density at radius 3 is 2.28 bits per heavy atom. The maximum atomic E-state index is 13.2. The smallest absolute Gasteiger partial charge is 0.344 e. The van der Waals surface area contributed by atoms with Crippen LogP contribution in [0.3, 0.4) is 0 Å². The molecule has 3 aromatic rings. The molecular weight excluding hydrogens is 461 g/mol. The number of nitrogens with zero attached hydrogens (tertiary/aromatic N) is 1. The maximum Gasteiger partial charge on any atom is 0.344 e. The fourth-order valence-electron chi connectivity index (χ4n) is 3.67. The van der Waals surface area contributed by atoms with Crippen molar-refractivity contribution in [2.75, 3.05) is 13.2 Å². The molecule has 0 amide bonds. The second-order valence-electron chi connectivity index (χ2n) is 9.71. The van der Waals surface area contributed by atoms with E-state index in [-0.39, 0.29) is 11.8 Å². The van der Waals surface area contributed by atoms with E-state index in [9.17, 15) is 14.0 Å². The lowest BCUT2D eigenvalue weighted by molar-refractivity contribution is -0.154. The highest BCUT2D eigenvalue weighted by atomic mass is 19.1. The summed E-state index contributed by atoms with van der Waals surface area (Å²) in [5.41, 5.74) is 0.465. The van der Waals surface area contributed by atoms with Crippen LogP contribution in [0.4, 0.5) is 4.39 Å². The minimum absolute atomic E-state index is 0.109. The summed E-state index contributed by atoms with van der Waals surface area (Å²) in [6, 6.07) is 9.03. The van der Waals surface area contributed by atoms with Gasteiger partial charge in [-0.2, -0.15) is 0 Å². The van der Waals surface area contributed by atoms with Crippen LogP contribution in [0.25, 0.3) is 22.1 Å². The van der Waals surface area contributed by atoms with Gasteiger partial charge >= 0.3 is 11.6 Å². The van der Waals surface area contributed by atoms with Crippen LogP contribution in [0.2, 0.25) is 0 Å². The molecule has 194 valence electrons. The van der Waals surface area contributed by atoms with Crippen molar-refractivity contribution < 1.29 is 23.1 Å². The molecular formula is C29H36FNO5. The second kappa shape index (κ2) is 13.2. The number of halogens is 1. The van der Waals surface area contributed by atoms with Crippen LogP contribution in [0, 0.1) is 11.2 Å². The van der Waals surface area contributed by atoms with Gasteiger partial charge in [-0.15, -0.1) is 0 Å². The summed E-state index contributed by atoms with van der Waals surface area (Å²) in [5, 5.41) is 0.671. The third kappa shape index (κ3) is 7.90. The summed E-state index contributed by atoms with van der Waals surface area (Å²) >= 11 is 0. The standard InChI is InChI=1S/C29H36FNO5/c1-4-29(2,3)28(33)35-17-11-9-7-5-6-8-10-16-34-26-19-25-22(20-31-26)18-24(27(32)36-25)21-12-14-23(30)15-13-21/h12-15,18-20H,4-11,16-17H2,1-3H3. The largest absolute Gasteiger partial charge is 0.478 e. The van der Waals surface area contributed by atoms with Gasteiger partial charge in [-0.1, -0.05) is 51.2 Å². The Hall–Kier alpha value is -3.22. The molecule has 7 heteroatoms. The van der Waals surface area contributed by atoms with Crippen LogP contribution >= 0.6 is 0 Å². The van der Waals surface area contributed by atoms with E-state index in [0.717, 1.165) is 51.4 Å². The average Bonchev–Trinajstić information content (AvgIpc) is 2.87. The van der Waals surface area contributed by atoms with Gasteiger partial charge in [0.05, 0.1) is 24.2 Å². The molecule has 0 aliphatic rings. The number of carbonyl (C=O) groups is 1. The molecule has 3 rings (SSSR count). The number of esters is 1. The first-order valence-corrected chi connectivity index (χ1v) is 12.8. The van der Waals surface area contributed by atoms with Gasteiger partial charge < -0.3 is 13.9 Å². The highest BCUT2D eigenvalue weighted by molar-refractivity contribution is 5.81. The number of carbonyl (C=O) groups excluding carboxylic acids is 1. The summed E-state index contributed by atoms with van der Waals surface area (Å²) in [6.07, 6.45) is 9.72. The predicted octanol–water partition coefficient (Wildman–Crippen LogP) is 7.08. The molecule has 0 radical (unpaired) electrons. The molecule has 0 bridgehead atoms. The van der Waals surface area contributed by atoms with Crippen LogP contribution in [0.15, 0.2) is 51.8 Å². The van der Waals surface area contributed by atoms with Gasteiger partial charge in [0.2, 0.25) is 5.88 Å². The highest BCUT2D eigenvalue weighted by Crippen LogP contribution is 2.24. The topological polar surface area (TPSA) is 78.6 Å². The normalized spacial score (nSPS) is 11.6. The van der Waals surface area contributed by atoms with E-state index in [1.807, 2.05) is 20.8 Å². The van der Waals surface area contributed by atoms with Crippen molar-refractivity contribution in [3.63, 3.8) is 0 Å². The van der Waals surface area contributed by atoms with E-state index in [1.165, 1.54) is 12.1 Å². The quantitative estimate of drug-likeness (QED) is 0.175. The zero-order valence-corrected chi connectivity index (χ0v) is 21.5. The summed E-state index contributed by atoms with van der Waals surface area (Å²) in [4.78, 5) is 28.6. The third-order valence-electron chi connectivity index (χ3n) is 6.46. The first-order valence-electron chi connectivity index (χ1n) is 12.8. The molecule has 0 spiro atoms. The van der Waals surface area contributed by atoms with E-state index in [0.29, 0.717) is 41.2 Å². The molecule has 2 heterocycles. The molecule has 6 nitrogen and oxygen atoms in total. The second-order valence-corrected chi connectivity index (χ2v) is 9.71. The fourth-order valence-corrected chi connectivity index (χ4v) is 3.67. The number of benzene rings is 1. The first-order chi connectivity index (χ1) is 17.3. The Kier molecular flexibility index (Phi) is 10.0. The molecule has 0 saturated heterocycles. The summed E-state index contributed by atoms with van der Waals surface area (Å²) in [7, 11) is 0. The van der Waals surface area contributed by atoms with Gasteiger partial charge in [-0.25, -0.2) is 14.2 Å². The monoisotopic (exact) mass is 497 g/mol. The number of rotatable bonds is 14. The van der Waals surface area contributed by atoms with Crippen LogP contribution in [0.1, 0.15) is 72.1 Å². The van der Waals surface area contributed by atoms with Crippen molar-refractivity contribution in [3.05, 3.63) is 58.8 Å². The Labute approximate surface area is 211 Å². The van der Waals surface area contributed by atoms with Crippen molar-refractivity contribution >= 4 is 16.9 Å². The number of hydrogen-bond donors (Lipinski definition) is 0. The zero-order valence-electron chi connectivity index (χ0n) is 21.5. The summed E-state index contributed by atoms with van der Waals surface area (Å²) < 4.78 is 29.7. The van der Waals surface area contributed by atoms with Crippen LogP contribution < -0.4 is 10.4 Å². The molecule has 2 aromatic heterocycles. The average molecular weight is 498 g/mol. The van der Waals surface area contributed by atoms with Crippen molar-refractivity contribution in [1.82, 2.24) is 4.98 Å². The Morgan fingerprint density at radius 2 is 1.61 bits per heavy atom. The number of unbranched alkanes of at least 4 members (excludes halogenated alkanes) is 6. The van der Waals surface area contributed by atoms with Gasteiger partial charge in [0.1, 0.15) is 11.4 Å². The Bertz CT molecular complexity index is 1190. The lowest BCUT2D eigenvalue weighted by Gasteiger charge is -2.20. The van der Waals surface area contributed by atoms with Crippen LogP contribution in [-0.4, -0.2) is 24.2 Å². The molecule has 1 aromatic carbocycles. The third-order valence-corrected chi connectivity index (χ3v) is 6.46. The minimum Gasteiger partial charge on any atom is -0.478 e. The Balaban J connectivity index is 1.33. The predicted molar refractivity (Wildman–Crippen MR) is 139 cm³/mol. The van der Waals surface area contributed by atoms with Gasteiger partial charge in [0.25, 0.3) is 0 Å². The Morgan fingerprint density at radius 1 is 0.972 bits per heavy atom. The highest BCUT2D eigenvalue weighted by Gasteiger charge is 2.26. The van der Waals surface area contributed by atoms with Crippen molar-refractivity contribution in [2.24, 2.45) is 5.41 Å². The van der Waals surface area contributed by atoms with E-state index in [1.54, 1.807) is 30.5 Å². The molecule has 36 heavy (non-hydrogen) atoms. The van der Waals surface area contributed by atoms with Gasteiger partial charge in [0.15, 0.2) is 0 Å². The van der Waals surface area contributed by atoms with E-state index < -0.39 is 11.0 Å². The van der Waals surface area contributed by atoms with Crippen LogP contribution in [-0.2, 0) is 9.53 Å². The van der Waals surface area contributed by atoms with E-state index in [2.05, 4.69) is 4.98 Å². The summed E-state index contributed by atoms with van der Waals surface area (Å²) in [6.45, 7) is 6.87. The maximum absolute atomic E-state index is 13.2. The minimum atomic E-state index is -0.491. The molecule has 0 N–H and O–H groups in total. The van der Waals surface area contributed by atoms with Gasteiger partial charge in [-0.05, 0) is 56.9 Å². The zero-order chi connectivity index (χ0) is 26.0. The molecule has 0 atom stereocenters. The number of aromatic nitrogens is 1. The molecule has 0 aliphatic heterocycles. The number of pyridine rings is 1. The van der Waals surface area contributed by atoms with Crippen molar-refractivity contribution in [3.8, 4) is 17.0 Å². The number of hydrogen-bond acceptors (Lipinski definition) is 6. The van der Waals surface area contributed by atoms with Crippen LogP contribution in [0.5, 0.6) is 5.88 Å². The first kappa shape index (κ1) is 27.4. The van der Waals surface area contributed by atoms with Crippen molar-refractivity contribution in [2.45, 2.75) is 72.1 Å². The molecule has 0 unspecified atom stereocenters. The van der Waals surface area contributed by atoms with E-state index in [4.69, 9.17) is 13.9 Å². The fraction of sp³-hybridized carbons (Fsp3) is 0.483. The molecule has 0 aliphatic carbocycles.